The maximum atomic E-state index is 13.3. The topological polar surface area (TPSA) is 42.6 Å². The summed E-state index contributed by atoms with van der Waals surface area (Å²) in [7, 11) is 2.16. The maximum Gasteiger partial charge on any atom is 0.252 e. The van der Waals surface area contributed by atoms with Crippen LogP contribution in [0.4, 0.5) is 0 Å². The number of likely N-dealkylation sites (tertiary alicyclic amines) is 1. The summed E-state index contributed by atoms with van der Waals surface area (Å²) < 4.78 is 0. The first-order valence-corrected chi connectivity index (χ1v) is 9.47. The average molecular weight is 352 g/mol. The Morgan fingerprint density at radius 1 is 1.15 bits per heavy atom. The molecule has 0 spiro atoms. The summed E-state index contributed by atoms with van der Waals surface area (Å²) in [4.78, 5) is 23.4. The van der Waals surface area contributed by atoms with E-state index in [0.29, 0.717) is 6.67 Å². The number of allylic oxidation sites excluding steroid dienone is 2. The van der Waals surface area contributed by atoms with Crippen LogP contribution in [0.1, 0.15) is 17.0 Å². The Morgan fingerprint density at radius 3 is 2.58 bits per heavy atom. The van der Waals surface area contributed by atoms with Gasteiger partial charge in [-0.25, -0.2) is 0 Å². The number of nitrogens with one attached hydrogen (secondary N) is 1. The van der Waals surface area contributed by atoms with Gasteiger partial charge in [0.15, 0.2) is 0 Å². The minimum absolute atomic E-state index is 0.134. The maximum absolute atomic E-state index is 13.3. The first-order valence-electron chi connectivity index (χ1n) is 9.47. The first-order chi connectivity index (χ1) is 12.5. The Morgan fingerprint density at radius 2 is 1.88 bits per heavy atom. The van der Waals surface area contributed by atoms with E-state index in [4.69, 9.17) is 0 Å². The molecule has 0 radical (unpaired) electrons. The number of H-pyrrole nitrogens is 1. The predicted octanol–water partition coefficient (Wildman–Crippen LogP) is 2.17. The molecule has 5 heteroatoms. The smallest absolute Gasteiger partial charge is 0.252 e. The largest absolute Gasteiger partial charge is 0.359 e. The Hall–Kier alpha value is -2.11. The lowest BCUT2D eigenvalue weighted by molar-refractivity contribution is -0.128. The molecule has 138 valence electrons. The summed E-state index contributed by atoms with van der Waals surface area (Å²) in [6.45, 7) is 9.02. The number of fused-ring (bicyclic) bond motifs is 1. The van der Waals surface area contributed by atoms with Gasteiger partial charge < -0.3 is 14.8 Å². The van der Waals surface area contributed by atoms with Gasteiger partial charge in [-0.2, -0.15) is 0 Å². The van der Waals surface area contributed by atoms with Crippen LogP contribution in [0.25, 0.3) is 6.08 Å². The highest BCUT2D eigenvalue weighted by molar-refractivity contribution is 6.02. The lowest BCUT2D eigenvalue weighted by Gasteiger charge is -2.36. The molecule has 0 aromatic carbocycles. The van der Waals surface area contributed by atoms with Crippen molar-refractivity contribution < 1.29 is 4.79 Å². The fourth-order valence-corrected chi connectivity index (χ4v) is 4.20. The van der Waals surface area contributed by atoms with E-state index >= 15 is 0 Å². The highest BCUT2D eigenvalue weighted by Gasteiger charge is 2.42. The molecule has 3 aliphatic rings. The summed E-state index contributed by atoms with van der Waals surface area (Å²) in [5.74, 6) is 0.310. The predicted molar refractivity (Wildman–Crippen MR) is 105 cm³/mol. The van der Waals surface area contributed by atoms with E-state index in [1.165, 1.54) is 5.56 Å². The third-order valence-electron chi connectivity index (χ3n) is 5.77. The molecule has 0 bridgehead atoms. The van der Waals surface area contributed by atoms with Crippen molar-refractivity contribution in [3.8, 4) is 0 Å². The van der Waals surface area contributed by atoms with Crippen molar-refractivity contribution >= 4 is 12.0 Å². The molecular weight excluding hydrogens is 324 g/mol. The van der Waals surface area contributed by atoms with Crippen LogP contribution < -0.4 is 0 Å². The van der Waals surface area contributed by atoms with Crippen molar-refractivity contribution in [3.63, 3.8) is 0 Å². The molecular formula is C21H28N4O. The van der Waals surface area contributed by atoms with E-state index in [-0.39, 0.29) is 17.9 Å². The van der Waals surface area contributed by atoms with Crippen LogP contribution >= 0.6 is 0 Å². The first kappa shape index (κ1) is 17.3. The third kappa shape index (κ3) is 3.17. The molecule has 0 saturated carbocycles. The molecule has 2 aliphatic heterocycles. The summed E-state index contributed by atoms with van der Waals surface area (Å²) in [5, 5.41) is 0. The molecule has 2 atom stereocenters. The minimum Gasteiger partial charge on any atom is -0.359 e. The number of rotatable bonds is 3. The lowest BCUT2D eigenvalue weighted by Crippen LogP contribution is -2.50. The van der Waals surface area contributed by atoms with E-state index in [2.05, 4.69) is 72.1 Å². The van der Waals surface area contributed by atoms with E-state index in [0.717, 1.165) is 43.1 Å². The number of amides is 1. The molecule has 2 saturated heterocycles. The van der Waals surface area contributed by atoms with Gasteiger partial charge in [-0.15, -0.1) is 0 Å². The van der Waals surface area contributed by atoms with Crippen LogP contribution in [0.3, 0.4) is 0 Å². The Kier molecular flexibility index (Phi) is 4.59. The van der Waals surface area contributed by atoms with E-state index < -0.39 is 0 Å². The molecule has 2 fully saturated rings. The molecule has 5 nitrogen and oxygen atoms in total. The molecule has 1 aromatic heterocycles. The highest BCUT2D eigenvalue weighted by Crippen LogP contribution is 2.36. The summed E-state index contributed by atoms with van der Waals surface area (Å²) in [6, 6.07) is 2.26. The van der Waals surface area contributed by atoms with Crippen LogP contribution in [0.15, 0.2) is 35.9 Å². The Labute approximate surface area is 155 Å². The quantitative estimate of drug-likeness (QED) is 0.848. The fraction of sp³-hybridized carbons (Fsp3) is 0.476. The number of nitrogens with zero attached hydrogens (tertiary/aromatic N) is 3. The molecule has 1 amide bonds. The zero-order valence-corrected chi connectivity index (χ0v) is 15.9. The van der Waals surface area contributed by atoms with Gasteiger partial charge in [-0.1, -0.05) is 24.3 Å². The van der Waals surface area contributed by atoms with E-state index in [1.54, 1.807) is 0 Å². The summed E-state index contributed by atoms with van der Waals surface area (Å²) in [5.41, 5.74) is 4.26. The molecule has 26 heavy (non-hydrogen) atoms. The van der Waals surface area contributed by atoms with Gasteiger partial charge in [0.2, 0.25) is 0 Å². The van der Waals surface area contributed by atoms with Crippen molar-refractivity contribution in [3.05, 3.63) is 52.9 Å². The van der Waals surface area contributed by atoms with Crippen molar-refractivity contribution in [2.24, 2.45) is 5.92 Å². The van der Waals surface area contributed by atoms with Crippen LogP contribution in [0.2, 0.25) is 0 Å². The second-order valence-corrected chi connectivity index (χ2v) is 7.77. The van der Waals surface area contributed by atoms with Gasteiger partial charge in [0.05, 0.1) is 12.7 Å². The van der Waals surface area contributed by atoms with Crippen LogP contribution in [-0.4, -0.2) is 71.5 Å². The molecule has 1 aliphatic carbocycles. The summed E-state index contributed by atoms with van der Waals surface area (Å²) >= 11 is 0. The van der Waals surface area contributed by atoms with Gasteiger partial charge in [0, 0.05) is 49.1 Å². The molecule has 1 N–H and O–H groups in total. The van der Waals surface area contributed by atoms with Crippen LogP contribution in [0.5, 0.6) is 0 Å². The number of aryl methyl sites for hydroxylation is 2. The number of carbonyl (C=O) groups is 1. The Balaban J connectivity index is 1.60. The second-order valence-electron chi connectivity index (χ2n) is 7.77. The lowest BCUT2D eigenvalue weighted by atomic mass is 9.91. The van der Waals surface area contributed by atoms with Crippen molar-refractivity contribution in [2.45, 2.75) is 19.9 Å². The van der Waals surface area contributed by atoms with Gasteiger partial charge in [-0.3, -0.25) is 9.69 Å². The van der Waals surface area contributed by atoms with E-state index in [1.807, 2.05) is 4.90 Å². The molecule has 2 unspecified atom stereocenters. The monoisotopic (exact) mass is 352 g/mol. The highest BCUT2D eigenvalue weighted by atomic mass is 16.2. The normalized spacial score (nSPS) is 28.3. The van der Waals surface area contributed by atoms with Crippen LogP contribution in [-0.2, 0) is 4.79 Å². The average Bonchev–Trinajstić information content (AvgIpc) is 3.08. The van der Waals surface area contributed by atoms with Crippen LogP contribution in [0, 0.1) is 19.8 Å². The standard InChI is InChI=1S/C21H28N4O/c1-15-12-16(2)22-19(15)13-18-17-6-4-5-7-20(17)25(21(18)26)14-24-10-8-23(3)9-11-24/h4-7,12-13,17,20,22H,8-11,14H2,1-3H3/b18-13-. The van der Waals surface area contributed by atoms with Gasteiger partial charge >= 0.3 is 0 Å². The number of hydrogen-bond donors (Lipinski definition) is 1. The fourth-order valence-electron chi connectivity index (χ4n) is 4.20. The third-order valence-corrected chi connectivity index (χ3v) is 5.77. The number of hydrogen-bond acceptors (Lipinski definition) is 3. The van der Waals surface area contributed by atoms with Crippen molar-refractivity contribution in [2.75, 3.05) is 39.9 Å². The van der Waals surface area contributed by atoms with Gasteiger partial charge in [-0.05, 0) is 38.6 Å². The van der Waals surface area contributed by atoms with E-state index in [9.17, 15) is 4.79 Å². The van der Waals surface area contributed by atoms with Crippen molar-refractivity contribution in [1.82, 2.24) is 19.7 Å². The number of likely N-dealkylation sites (N-methyl/N-ethyl adjacent to an activating group) is 1. The zero-order valence-electron chi connectivity index (χ0n) is 15.9. The second kappa shape index (κ2) is 6.89. The number of aromatic nitrogens is 1. The summed E-state index contributed by atoms with van der Waals surface area (Å²) in [6.07, 6.45) is 10.5. The molecule has 4 rings (SSSR count). The zero-order chi connectivity index (χ0) is 18.3. The van der Waals surface area contributed by atoms with Gasteiger partial charge in [0.1, 0.15) is 0 Å². The number of aromatic amines is 1. The van der Waals surface area contributed by atoms with Crippen molar-refractivity contribution in [1.29, 1.82) is 0 Å². The number of carbonyl (C=O) groups excluding carboxylic acids is 1. The SMILES string of the molecule is Cc1cc(C)c(/C=C2\C(=O)N(CN3CCN(C)CC3)C3C=CC=CC23)[nH]1. The minimum atomic E-state index is 0.134. The van der Waals surface area contributed by atoms with Gasteiger partial charge in [0.25, 0.3) is 5.91 Å². The number of piperazine rings is 1. The molecule has 1 aromatic rings. The Bertz CT molecular complexity index is 780. The molecule has 3 heterocycles.